The van der Waals surface area contributed by atoms with Crippen LogP contribution < -0.4 is 9.47 Å². The second-order valence-corrected chi connectivity index (χ2v) is 5.65. The van der Waals surface area contributed by atoms with E-state index in [0.717, 1.165) is 9.80 Å². The van der Waals surface area contributed by atoms with Crippen molar-refractivity contribution in [3.63, 3.8) is 0 Å². The van der Waals surface area contributed by atoms with Gasteiger partial charge >= 0.3 is 6.03 Å². The minimum atomic E-state index is -0.652. The highest BCUT2D eigenvalue weighted by Crippen LogP contribution is 2.30. The molecule has 1 fully saturated rings. The standard InChI is InChI=1S/C17H20N2O5/c1-10(2)24-13-7-6-11(9-14(13)23-5)8-12-15(20)18(3)17(22)19(4)16(12)21/h6-10H,1-5H3. The Labute approximate surface area is 140 Å². The van der Waals surface area contributed by atoms with Crippen LogP contribution in [-0.2, 0) is 9.59 Å². The molecule has 0 bridgehead atoms. The molecule has 0 saturated carbocycles. The van der Waals surface area contributed by atoms with Gasteiger partial charge in [-0.3, -0.25) is 19.4 Å². The first-order valence-electron chi connectivity index (χ1n) is 7.42. The lowest BCUT2D eigenvalue weighted by atomic mass is 10.1. The Kier molecular flexibility index (Phi) is 4.92. The van der Waals surface area contributed by atoms with Crippen LogP contribution in [0, 0.1) is 0 Å². The van der Waals surface area contributed by atoms with Crippen LogP contribution in [0.2, 0.25) is 0 Å². The van der Waals surface area contributed by atoms with Gasteiger partial charge in [0.2, 0.25) is 0 Å². The maximum Gasteiger partial charge on any atom is 0.333 e. The second kappa shape index (κ2) is 6.74. The van der Waals surface area contributed by atoms with Crippen molar-refractivity contribution in [2.75, 3.05) is 21.2 Å². The lowest BCUT2D eigenvalue weighted by Gasteiger charge is -2.28. The minimum absolute atomic E-state index is 0.0158. The summed E-state index contributed by atoms with van der Waals surface area (Å²) >= 11 is 0. The van der Waals surface area contributed by atoms with Crippen molar-refractivity contribution >= 4 is 23.9 Å². The van der Waals surface area contributed by atoms with E-state index in [2.05, 4.69) is 0 Å². The first-order chi connectivity index (χ1) is 11.3. The topological polar surface area (TPSA) is 76.2 Å². The van der Waals surface area contributed by atoms with E-state index in [-0.39, 0.29) is 11.7 Å². The van der Waals surface area contributed by atoms with Crippen molar-refractivity contribution in [1.29, 1.82) is 0 Å². The molecule has 1 aromatic carbocycles. The summed E-state index contributed by atoms with van der Waals surface area (Å²) in [4.78, 5) is 37.9. The zero-order valence-electron chi connectivity index (χ0n) is 14.3. The molecule has 0 radical (unpaired) electrons. The molecule has 0 atom stereocenters. The number of carbonyl (C=O) groups excluding carboxylic acids is 3. The van der Waals surface area contributed by atoms with Crippen LogP contribution in [0.1, 0.15) is 19.4 Å². The molecule has 1 aliphatic rings. The molecule has 0 N–H and O–H groups in total. The second-order valence-electron chi connectivity index (χ2n) is 5.65. The van der Waals surface area contributed by atoms with Crippen LogP contribution in [0.3, 0.4) is 0 Å². The minimum Gasteiger partial charge on any atom is -0.493 e. The van der Waals surface area contributed by atoms with E-state index >= 15 is 0 Å². The Hall–Kier alpha value is -2.83. The van der Waals surface area contributed by atoms with Gasteiger partial charge in [-0.25, -0.2) is 4.79 Å². The summed E-state index contributed by atoms with van der Waals surface area (Å²) < 4.78 is 10.9. The van der Waals surface area contributed by atoms with Gasteiger partial charge < -0.3 is 9.47 Å². The van der Waals surface area contributed by atoms with Crippen LogP contribution in [0.25, 0.3) is 6.08 Å². The molecule has 1 aliphatic heterocycles. The number of carbonyl (C=O) groups is 3. The summed E-state index contributed by atoms with van der Waals surface area (Å²) in [5, 5.41) is 0. The van der Waals surface area contributed by atoms with E-state index in [1.165, 1.54) is 27.3 Å². The van der Waals surface area contributed by atoms with Gasteiger partial charge in [-0.1, -0.05) is 6.07 Å². The first kappa shape index (κ1) is 17.5. The number of rotatable bonds is 4. The van der Waals surface area contributed by atoms with Gasteiger partial charge in [0.1, 0.15) is 5.57 Å². The van der Waals surface area contributed by atoms with E-state index < -0.39 is 17.8 Å². The van der Waals surface area contributed by atoms with Crippen LogP contribution >= 0.6 is 0 Å². The van der Waals surface area contributed by atoms with E-state index in [0.29, 0.717) is 17.1 Å². The molecular formula is C17H20N2O5. The molecule has 7 nitrogen and oxygen atoms in total. The molecule has 128 valence electrons. The summed E-state index contributed by atoms with van der Waals surface area (Å²) in [5.74, 6) is -0.207. The molecule has 7 heteroatoms. The average molecular weight is 332 g/mol. The van der Waals surface area contributed by atoms with Crippen molar-refractivity contribution in [2.24, 2.45) is 0 Å². The van der Waals surface area contributed by atoms with E-state index in [1.807, 2.05) is 13.8 Å². The molecule has 1 saturated heterocycles. The average Bonchev–Trinajstić information content (AvgIpc) is 2.55. The summed E-state index contributed by atoms with van der Waals surface area (Å²) in [5.41, 5.74) is 0.509. The fourth-order valence-electron chi connectivity index (χ4n) is 2.27. The molecule has 0 aliphatic carbocycles. The maximum absolute atomic E-state index is 12.2. The SMILES string of the molecule is COc1cc(C=C2C(=O)N(C)C(=O)N(C)C2=O)ccc1OC(C)C. The van der Waals surface area contributed by atoms with Crippen LogP contribution in [0.4, 0.5) is 4.79 Å². The predicted molar refractivity (Wildman–Crippen MR) is 87.7 cm³/mol. The maximum atomic E-state index is 12.2. The van der Waals surface area contributed by atoms with Crippen LogP contribution in [0.15, 0.2) is 23.8 Å². The molecule has 2 rings (SSSR count). The summed E-state index contributed by atoms with van der Waals surface area (Å²) in [7, 11) is 4.18. The first-order valence-corrected chi connectivity index (χ1v) is 7.42. The fraction of sp³-hybridized carbons (Fsp3) is 0.353. The summed E-state index contributed by atoms with van der Waals surface area (Å²) in [6.45, 7) is 3.80. The van der Waals surface area contributed by atoms with Gasteiger partial charge in [-0.2, -0.15) is 0 Å². The molecule has 0 aromatic heterocycles. The van der Waals surface area contributed by atoms with Gasteiger partial charge in [0.25, 0.3) is 11.8 Å². The Balaban J connectivity index is 2.41. The number of likely N-dealkylation sites (N-methyl/N-ethyl adjacent to an activating group) is 2. The van der Waals surface area contributed by atoms with E-state index in [9.17, 15) is 14.4 Å². The predicted octanol–water partition coefficient (Wildman–Crippen LogP) is 1.92. The van der Waals surface area contributed by atoms with Crippen LogP contribution in [-0.4, -0.2) is 55.0 Å². The van der Waals surface area contributed by atoms with Gasteiger partial charge in [-0.05, 0) is 37.6 Å². The van der Waals surface area contributed by atoms with Crippen molar-refractivity contribution in [1.82, 2.24) is 9.80 Å². The van der Waals surface area contributed by atoms with Crippen molar-refractivity contribution in [3.8, 4) is 11.5 Å². The third-order valence-corrected chi connectivity index (χ3v) is 3.51. The molecule has 0 unspecified atom stereocenters. The molecule has 1 aromatic rings. The summed E-state index contributed by atoms with van der Waals surface area (Å²) in [6, 6.07) is 4.44. The largest absolute Gasteiger partial charge is 0.493 e. The highest BCUT2D eigenvalue weighted by molar-refractivity contribution is 6.30. The fourth-order valence-corrected chi connectivity index (χ4v) is 2.27. The van der Waals surface area contributed by atoms with Gasteiger partial charge in [-0.15, -0.1) is 0 Å². The van der Waals surface area contributed by atoms with Crippen LogP contribution in [0.5, 0.6) is 11.5 Å². The quantitative estimate of drug-likeness (QED) is 0.622. The number of imide groups is 2. The number of nitrogens with zero attached hydrogens (tertiary/aromatic N) is 2. The van der Waals surface area contributed by atoms with Gasteiger partial charge in [0.05, 0.1) is 13.2 Å². The number of hydrogen-bond donors (Lipinski definition) is 0. The zero-order valence-corrected chi connectivity index (χ0v) is 14.3. The monoisotopic (exact) mass is 332 g/mol. The molecule has 1 heterocycles. The third kappa shape index (κ3) is 3.24. The molecule has 24 heavy (non-hydrogen) atoms. The zero-order chi connectivity index (χ0) is 18.0. The highest BCUT2D eigenvalue weighted by Gasteiger charge is 2.37. The van der Waals surface area contributed by atoms with Crippen molar-refractivity contribution < 1.29 is 23.9 Å². The Morgan fingerprint density at radius 3 is 2.08 bits per heavy atom. The number of benzene rings is 1. The van der Waals surface area contributed by atoms with E-state index in [4.69, 9.17) is 9.47 Å². The van der Waals surface area contributed by atoms with Crippen molar-refractivity contribution in [2.45, 2.75) is 20.0 Å². The van der Waals surface area contributed by atoms with Gasteiger partial charge in [0.15, 0.2) is 11.5 Å². The number of urea groups is 1. The lowest BCUT2D eigenvalue weighted by Crippen LogP contribution is -2.52. The number of amides is 4. The number of ether oxygens (including phenoxy) is 2. The van der Waals surface area contributed by atoms with Crippen molar-refractivity contribution in [3.05, 3.63) is 29.3 Å². The number of methoxy groups -OCH3 is 1. The molecular weight excluding hydrogens is 312 g/mol. The lowest BCUT2D eigenvalue weighted by molar-refractivity contribution is -0.134. The Bertz CT molecular complexity index is 698. The third-order valence-electron chi connectivity index (χ3n) is 3.51. The smallest absolute Gasteiger partial charge is 0.333 e. The molecule has 0 spiro atoms. The number of barbiturate groups is 1. The Morgan fingerprint density at radius 2 is 1.58 bits per heavy atom. The summed E-state index contributed by atoms with van der Waals surface area (Å²) in [6.07, 6.45) is 1.42. The number of hydrogen-bond acceptors (Lipinski definition) is 5. The van der Waals surface area contributed by atoms with Gasteiger partial charge in [0, 0.05) is 14.1 Å². The molecule has 4 amide bonds. The Morgan fingerprint density at radius 1 is 1.00 bits per heavy atom. The van der Waals surface area contributed by atoms with E-state index in [1.54, 1.807) is 18.2 Å². The normalized spacial score (nSPS) is 15.2. The highest BCUT2D eigenvalue weighted by atomic mass is 16.5.